The fourth-order valence-electron chi connectivity index (χ4n) is 1.98. The molecule has 0 atom stereocenters. The molecule has 0 radical (unpaired) electrons. The van der Waals surface area contributed by atoms with Crippen LogP contribution >= 0.6 is 11.6 Å². The third-order valence-electron chi connectivity index (χ3n) is 3.05. The Morgan fingerprint density at radius 1 is 1.14 bits per heavy atom. The lowest BCUT2D eigenvalue weighted by molar-refractivity contribution is 0.555. The number of rotatable bonds is 2. The van der Waals surface area contributed by atoms with E-state index in [0.717, 1.165) is 22.3 Å². The van der Waals surface area contributed by atoms with Crippen LogP contribution < -0.4 is 0 Å². The third-order valence-corrected chi connectivity index (χ3v) is 3.36. The van der Waals surface area contributed by atoms with Crippen LogP contribution in [0.4, 0.5) is 0 Å². The Labute approximate surface area is 127 Å². The minimum Gasteiger partial charge on any atom is -0.248 e. The van der Waals surface area contributed by atoms with Crippen LogP contribution in [0.1, 0.15) is 17.7 Å². The van der Waals surface area contributed by atoms with Crippen LogP contribution in [0.25, 0.3) is 11.0 Å². The van der Waals surface area contributed by atoms with Gasteiger partial charge in [-0.2, -0.15) is 15.0 Å². The zero-order chi connectivity index (χ0) is 14.7. The van der Waals surface area contributed by atoms with Gasteiger partial charge in [0.1, 0.15) is 16.7 Å². The SMILES string of the molecule is Cc1ccc(Cl)c2nn(CCC#Cc3ccccn3)nc12. The van der Waals surface area contributed by atoms with Crippen LogP contribution in [0.2, 0.25) is 5.02 Å². The summed E-state index contributed by atoms with van der Waals surface area (Å²) >= 11 is 6.13. The molecule has 0 amide bonds. The van der Waals surface area contributed by atoms with Gasteiger partial charge in [0.05, 0.1) is 11.6 Å². The van der Waals surface area contributed by atoms with Gasteiger partial charge in [-0.05, 0) is 36.6 Å². The largest absolute Gasteiger partial charge is 0.248 e. The second-order valence-electron chi connectivity index (χ2n) is 4.62. The van der Waals surface area contributed by atoms with E-state index in [9.17, 15) is 0 Å². The van der Waals surface area contributed by atoms with Crippen molar-refractivity contribution in [3.63, 3.8) is 0 Å². The maximum atomic E-state index is 6.13. The van der Waals surface area contributed by atoms with Crippen molar-refractivity contribution in [2.45, 2.75) is 19.9 Å². The second kappa shape index (κ2) is 5.94. The standard InChI is InChI=1S/C16H13ClN4/c1-12-8-9-14(17)16-15(12)19-21(20-16)11-5-3-7-13-6-2-4-10-18-13/h2,4,6,8-10H,5,11H2,1H3. The Hall–Kier alpha value is -2.38. The molecular weight excluding hydrogens is 284 g/mol. The van der Waals surface area contributed by atoms with Gasteiger partial charge in [-0.1, -0.05) is 29.7 Å². The first kappa shape index (κ1) is 13.6. The van der Waals surface area contributed by atoms with E-state index in [1.807, 2.05) is 37.3 Å². The quantitative estimate of drug-likeness (QED) is 0.682. The predicted molar refractivity (Wildman–Crippen MR) is 83.0 cm³/mol. The van der Waals surface area contributed by atoms with Crippen LogP contribution in [-0.2, 0) is 6.54 Å². The number of aryl methyl sites for hydroxylation is 2. The summed E-state index contributed by atoms with van der Waals surface area (Å²) in [6.45, 7) is 2.63. The number of fused-ring (bicyclic) bond motifs is 1. The zero-order valence-corrected chi connectivity index (χ0v) is 12.3. The third kappa shape index (κ3) is 3.04. The molecule has 0 aliphatic carbocycles. The van der Waals surface area contributed by atoms with Crippen LogP contribution in [0.15, 0.2) is 36.5 Å². The maximum Gasteiger partial charge on any atom is 0.132 e. The fourth-order valence-corrected chi connectivity index (χ4v) is 2.17. The smallest absolute Gasteiger partial charge is 0.132 e. The number of benzene rings is 1. The highest BCUT2D eigenvalue weighted by Gasteiger charge is 2.08. The predicted octanol–water partition coefficient (Wildman–Crippen LogP) is 3.23. The molecule has 0 aliphatic heterocycles. The van der Waals surface area contributed by atoms with E-state index in [4.69, 9.17) is 11.6 Å². The lowest BCUT2D eigenvalue weighted by Crippen LogP contribution is -2.01. The van der Waals surface area contributed by atoms with Gasteiger partial charge in [-0.15, -0.1) is 0 Å². The first-order chi connectivity index (χ1) is 10.2. The van der Waals surface area contributed by atoms with Gasteiger partial charge in [0.2, 0.25) is 0 Å². The lowest BCUT2D eigenvalue weighted by Gasteiger charge is -1.92. The molecule has 0 aliphatic rings. The summed E-state index contributed by atoms with van der Waals surface area (Å²) in [5.74, 6) is 6.09. The van der Waals surface area contributed by atoms with Crippen molar-refractivity contribution in [2.24, 2.45) is 0 Å². The monoisotopic (exact) mass is 296 g/mol. The van der Waals surface area contributed by atoms with Gasteiger partial charge in [-0.3, -0.25) is 0 Å². The lowest BCUT2D eigenvalue weighted by atomic mass is 10.2. The highest BCUT2D eigenvalue weighted by Crippen LogP contribution is 2.22. The van der Waals surface area contributed by atoms with Crippen molar-refractivity contribution in [1.29, 1.82) is 0 Å². The van der Waals surface area contributed by atoms with Gasteiger partial charge < -0.3 is 0 Å². The van der Waals surface area contributed by atoms with Crippen molar-refractivity contribution in [3.05, 3.63) is 52.8 Å². The van der Waals surface area contributed by atoms with Gasteiger partial charge in [0, 0.05) is 12.6 Å². The molecule has 2 aromatic heterocycles. The molecule has 4 nitrogen and oxygen atoms in total. The molecule has 0 saturated carbocycles. The maximum absolute atomic E-state index is 6.13. The summed E-state index contributed by atoms with van der Waals surface area (Å²) in [5.41, 5.74) is 3.43. The number of hydrogen-bond donors (Lipinski definition) is 0. The van der Waals surface area contributed by atoms with Crippen LogP contribution in [0.3, 0.4) is 0 Å². The van der Waals surface area contributed by atoms with E-state index in [1.54, 1.807) is 11.0 Å². The average molecular weight is 297 g/mol. The van der Waals surface area contributed by atoms with Crippen molar-refractivity contribution >= 4 is 22.6 Å². The molecule has 1 aromatic carbocycles. The van der Waals surface area contributed by atoms with Gasteiger partial charge in [0.15, 0.2) is 0 Å². The molecular formula is C16H13ClN4. The van der Waals surface area contributed by atoms with Crippen LogP contribution in [-0.4, -0.2) is 20.0 Å². The molecule has 0 unspecified atom stereocenters. The van der Waals surface area contributed by atoms with Crippen molar-refractivity contribution < 1.29 is 0 Å². The molecule has 2 heterocycles. The summed E-state index contributed by atoms with van der Waals surface area (Å²) < 4.78 is 0. The summed E-state index contributed by atoms with van der Waals surface area (Å²) in [6, 6.07) is 9.47. The molecule has 21 heavy (non-hydrogen) atoms. The van der Waals surface area contributed by atoms with Gasteiger partial charge >= 0.3 is 0 Å². The summed E-state index contributed by atoms with van der Waals surface area (Å²) in [5, 5.41) is 9.49. The molecule has 3 rings (SSSR count). The number of pyridine rings is 1. The van der Waals surface area contributed by atoms with Crippen LogP contribution in [0, 0.1) is 18.8 Å². The van der Waals surface area contributed by atoms with Crippen molar-refractivity contribution in [3.8, 4) is 11.8 Å². The highest BCUT2D eigenvalue weighted by molar-refractivity contribution is 6.34. The van der Waals surface area contributed by atoms with E-state index >= 15 is 0 Å². The molecule has 3 aromatic rings. The minimum atomic E-state index is 0.626. The average Bonchev–Trinajstić information content (AvgIpc) is 2.94. The molecule has 0 spiro atoms. The first-order valence-corrected chi connectivity index (χ1v) is 7.02. The van der Waals surface area contributed by atoms with E-state index in [1.165, 1.54) is 0 Å². The van der Waals surface area contributed by atoms with Crippen molar-refractivity contribution in [2.75, 3.05) is 0 Å². The number of halogens is 1. The number of hydrogen-bond acceptors (Lipinski definition) is 3. The van der Waals surface area contributed by atoms with E-state index in [2.05, 4.69) is 27.0 Å². The highest BCUT2D eigenvalue weighted by atomic mass is 35.5. The minimum absolute atomic E-state index is 0.626. The van der Waals surface area contributed by atoms with E-state index in [0.29, 0.717) is 18.0 Å². The second-order valence-corrected chi connectivity index (χ2v) is 5.03. The van der Waals surface area contributed by atoms with Gasteiger partial charge in [-0.25, -0.2) is 4.98 Å². The topological polar surface area (TPSA) is 43.6 Å². The Kier molecular flexibility index (Phi) is 3.85. The first-order valence-electron chi connectivity index (χ1n) is 6.64. The van der Waals surface area contributed by atoms with Gasteiger partial charge in [0.25, 0.3) is 0 Å². The van der Waals surface area contributed by atoms with Crippen molar-refractivity contribution in [1.82, 2.24) is 20.0 Å². The summed E-state index contributed by atoms with van der Waals surface area (Å²) in [6.07, 6.45) is 2.39. The van der Waals surface area contributed by atoms with E-state index in [-0.39, 0.29) is 0 Å². The number of aromatic nitrogens is 4. The summed E-state index contributed by atoms with van der Waals surface area (Å²) in [4.78, 5) is 5.80. The molecule has 0 N–H and O–H groups in total. The van der Waals surface area contributed by atoms with Crippen LogP contribution in [0.5, 0.6) is 0 Å². The Morgan fingerprint density at radius 2 is 2.00 bits per heavy atom. The molecule has 0 fully saturated rings. The molecule has 0 bridgehead atoms. The Bertz CT molecular complexity index is 789. The summed E-state index contributed by atoms with van der Waals surface area (Å²) in [7, 11) is 0. The van der Waals surface area contributed by atoms with E-state index < -0.39 is 0 Å². The number of nitrogens with zero attached hydrogens (tertiary/aromatic N) is 4. The Balaban J connectivity index is 1.73. The Morgan fingerprint density at radius 3 is 2.76 bits per heavy atom. The normalized spacial score (nSPS) is 10.4. The molecule has 5 heteroatoms. The fraction of sp³-hybridized carbons (Fsp3) is 0.188. The molecule has 104 valence electrons. The molecule has 0 saturated heterocycles. The zero-order valence-electron chi connectivity index (χ0n) is 11.5.